The van der Waals surface area contributed by atoms with E-state index in [0.29, 0.717) is 18.7 Å². The molecular formula is C20H25N3O3. The molecule has 0 fully saturated rings. The summed E-state index contributed by atoms with van der Waals surface area (Å²) in [6.45, 7) is 5.08. The zero-order valence-electron chi connectivity index (χ0n) is 15.4. The van der Waals surface area contributed by atoms with Crippen LogP contribution in [-0.2, 0) is 9.53 Å². The van der Waals surface area contributed by atoms with Gasteiger partial charge >= 0.3 is 0 Å². The molecule has 0 aliphatic rings. The molecule has 0 unspecified atom stereocenters. The number of nitrogens with one attached hydrogen (secondary N) is 3. The first-order valence-corrected chi connectivity index (χ1v) is 8.48. The van der Waals surface area contributed by atoms with Crippen LogP contribution in [0.3, 0.4) is 0 Å². The van der Waals surface area contributed by atoms with E-state index in [1.165, 1.54) is 0 Å². The molecule has 2 rings (SSSR count). The minimum atomic E-state index is -0.152. The maximum Gasteiger partial charge on any atom is 0.251 e. The first kappa shape index (κ1) is 19.5. The number of ether oxygens (including phenoxy) is 1. The molecule has 0 aliphatic carbocycles. The molecule has 2 aromatic rings. The number of hydrogen-bond donors (Lipinski definition) is 3. The predicted molar refractivity (Wildman–Crippen MR) is 104 cm³/mol. The summed E-state index contributed by atoms with van der Waals surface area (Å²) < 4.78 is 4.90. The zero-order valence-corrected chi connectivity index (χ0v) is 15.4. The first-order chi connectivity index (χ1) is 12.5. The Labute approximate surface area is 153 Å². The second-order valence-electron chi connectivity index (χ2n) is 5.98. The van der Waals surface area contributed by atoms with Crippen LogP contribution in [0.25, 0.3) is 0 Å². The van der Waals surface area contributed by atoms with Gasteiger partial charge < -0.3 is 20.7 Å². The third-order valence-electron chi connectivity index (χ3n) is 4.07. The van der Waals surface area contributed by atoms with Crippen LogP contribution in [-0.4, -0.2) is 38.6 Å². The molecule has 138 valence electrons. The van der Waals surface area contributed by atoms with Gasteiger partial charge in [-0.2, -0.15) is 0 Å². The Morgan fingerprint density at radius 2 is 1.77 bits per heavy atom. The summed E-state index contributed by atoms with van der Waals surface area (Å²) in [6, 6.07) is 12.8. The van der Waals surface area contributed by atoms with Gasteiger partial charge in [0.2, 0.25) is 5.91 Å². The van der Waals surface area contributed by atoms with E-state index in [-0.39, 0.29) is 18.4 Å². The molecule has 0 bridgehead atoms. The van der Waals surface area contributed by atoms with E-state index < -0.39 is 0 Å². The lowest BCUT2D eigenvalue weighted by atomic mass is 10.1. The van der Waals surface area contributed by atoms with Gasteiger partial charge in [-0.25, -0.2) is 0 Å². The molecule has 0 spiro atoms. The lowest BCUT2D eigenvalue weighted by Gasteiger charge is -2.11. The molecule has 2 aromatic carbocycles. The van der Waals surface area contributed by atoms with Gasteiger partial charge in [0.05, 0.1) is 13.2 Å². The van der Waals surface area contributed by atoms with Crippen LogP contribution in [0, 0.1) is 13.8 Å². The fourth-order valence-electron chi connectivity index (χ4n) is 2.37. The minimum absolute atomic E-state index is 0.125. The lowest BCUT2D eigenvalue weighted by Crippen LogP contribution is -2.26. The van der Waals surface area contributed by atoms with E-state index in [4.69, 9.17) is 4.74 Å². The van der Waals surface area contributed by atoms with Crippen molar-refractivity contribution in [1.82, 2.24) is 5.32 Å². The monoisotopic (exact) mass is 355 g/mol. The van der Waals surface area contributed by atoms with Crippen molar-refractivity contribution in [2.75, 3.05) is 37.4 Å². The molecule has 0 radical (unpaired) electrons. The van der Waals surface area contributed by atoms with Crippen LogP contribution in [0.5, 0.6) is 0 Å². The van der Waals surface area contributed by atoms with Crippen molar-refractivity contribution in [3.05, 3.63) is 59.2 Å². The molecule has 26 heavy (non-hydrogen) atoms. The Kier molecular flexibility index (Phi) is 7.17. The third-order valence-corrected chi connectivity index (χ3v) is 4.07. The molecule has 0 saturated heterocycles. The molecule has 6 heteroatoms. The number of amides is 2. The number of hydrogen-bond acceptors (Lipinski definition) is 4. The third kappa shape index (κ3) is 5.60. The number of rotatable bonds is 8. The number of carbonyl (C=O) groups is 2. The summed E-state index contributed by atoms with van der Waals surface area (Å²) in [5.74, 6) is -0.277. The molecule has 3 N–H and O–H groups in total. The van der Waals surface area contributed by atoms with Crippen molar-refractivity contribution in [2.45, 2.75) is 13.8 Å². The van der Waals surface area contributed by atoms with Crippen LogP contribution in [0.15, 0.2) is 42.5 Å². The molecule has 0 heterocycles. The summed E-state index contributed by atoms with van der Waals surface area (Å²) in [4.78, 5) is 24.0. The van der Waals surface area contributed by atoms with Gasteiger partial charge in [-0.1, -0.05) is 12.1 Å². The van der Waals surface area contributed by atoms with Crippen LogP contribution in [0.1, 0.15) is 21.5 Å². The van der Waals surface area contributed by atoms with Gasteiger partial charge in [0.25, 0.3) is 5.91 Å². The Balaban J connectivity index is 1.84. The number of aryl methyl sites for hydroxylation is 1. The molecule has 0 aromatic heterocycles. The van der Waals surface area contributed by atoms with Gasteiger partial charge in [-0.15, -0.1) is 0 Å². The number of carbonyl (C=O) groups excluding carboxylic acids is 2. The van der Waals surface area contributed by atoms with Crippen LogP contribution in [0.2, 0.25) is 0 Å². The summed E-state index contributed by atoms with van der Waals surface area (Å²) in [5.41, 5.74) is 4.35. The number of methoxy groups -OCH3 is 1. The summed E-state index contributed by atoms with van der Waals surface area (Å²) in [7, 11) is 1.59. The molecular weight excluding hydrogens is 330 g/mol. The van der Waals surface area contributed by atoms with E-state index in [0.717, 1.165) is 22.5 Å². The van der Waals surface area contributed by atoms with Gasteiger partial charge in [-0.3, -0.25) is 9.59 Å². The molecule has 6 nitrogen and oxygen atoms in total. The second-order valence-corrected chi connectivity index (χ2v) is 5.98. The maximum absolute atomic E-state index is 12.1. The smallest absolute Gasteiger partial charge is 0.251 e. The van der Waals surface area contributed by atoms with Gasteiger partial charge in [-0.05, 0) is 55.3 Å². The van der Waals surface area contributed by atoms with Crippen molar-refractivity contribution in [3.8, 4) is 0 Å². The average molecular weight is 355 g/mol. The Morgan fingerprint density at radius 1 is 1.04 bits per heavy atom. The molecule has 0 aliphatic heterocycles. The second kappa shape index (κ2) is 9.58. The van der Waals surface area contributed by atoms with Gasteiger partial charge in [0.1, 0.15) is 0 Å². The number of anilines is 2. The van der Waals surface area contributed by atoms with Gasteiger partial charge in [0, 0.05) is 30.6 Å². The fourth-order valence-corrected chi connectivity index (χ4v) is 2.37. The zero-order chi connectivity index (χ0) is 18.9. The highest BCUT2D eigenvalue weighted by Gasteiger charge is 2.07. The number of benzene rings is 2. The molecule has 0 atom stereocenters. The summed E-state index contributed by atoms with van der Waals surface area (Å²) in [6.07, 6.45) is 0. The van der Waals surface area contributed by atoms with E-state index in [1.807, 2.05) is 32.0 Å². The predicted octanol–water partition coefficient (Wildman–Crippen LogP) is 2.73. The van der Waals surface area contributed by atoms with E-state index in [9.17, 15) is 9.59 Å². The quantitative estimate of drug-likeness (QED) is 0.636. The fraction of sp³-hybridized carbons (Fsp3) is 0.300. The Morgan fingerprint density at radius 3 is 2.46 bits per heavy atom. The molecule has 2 amide bonds. The van der Waals surface area contributed by atoms with E-state index in [2.05, 4.69) is 16.0 Å². The SMILES string of the molecule is COCCNC(=O)c1ccc(NCC(=O)Nc2cccc(C)c2C)cc1. The van der Waals surface area contributed by atoms with Crippen molar-refractivity contribution in [2.24, 2.45) is 0 Å². The normalized spacial score (nSPS) is 10.3. The topological polar surface area (TPSA) is 79.5 Å². The highest BCUT2D eigenvalue weighted by Crippen LogP contribution is 2.17. The van der Waals surface area contributed by atoms with Crippen molar-refractivity contribution < 1.29 is 14.3 Å². The first-order valence-electron chi connectivity index (χ1n) is 8.48. The summed E-state index contributed by atoms with van der Waals surface area (Å²) >= 11 is 0. The van der Waals surface area contributed by atoms with Crippen molar-refractivity contribution in [3.63, 3.8) is 0 Å². The standard InChI is InChI=1S/C20H25N3O3/c1-14-5-4-6-18(15(14)2)23-19(24)13-22-17-9-7-16(8-10-17)20(25)21-11-12-26-3/h4-10,22H,11-13H2,1-3H3,(H,21,25)(H,23,24). The highest BCUT2D eigenvalue weighted by molar-refractivity contribution is 5.95. The summed E-state index contributed by atoms with van der Waals surface area (Å²) in [5, 5.41) is 8.71. The van der Waals surface area contributed by atoms with Crippen LogP contribution < -0.4 is 16.0 Å². The van der Waals surface area contributed by atoms with Crippen LogP contribution in [0.4, 0.5) is 11.4 Å². The lowest BCUT2D eigenvalue weighted by molar-refractivity contribution is -0.114. The van der Waals surface area contributed by atoms with E-state index in [1.54, 1.807) is 31.4 Å². The average Bonchev–Trinajstić information content (AvgIpc) is 2.64. The van der Waals surface area contributed by atoms with E-state index >= 15 is 0 Å². The Hall–Kier alpha value is -2.86. The van der Waals surface area contributed by atoms with Crippen molar-refractivity contribution in [1.29, 1.82) is 0 Å². The maximum atomic E-state index is 12.1. The van der Waals surface area contributed by atoms with Gasteiger partial charge in [0.15, 0.2) is 0 Å². The van der Waals surface area contributed by atoms with Crippen molar-refractivity contribution >= 4 is 23.2 Å². The Bertz CT molecular complexity index is 757. The minimum Gasteiger partial charge on any atom is -0.383 e. The largest absolute Gasteiger partial charge is 0.383 e. The highest BCUT2D eigenvalue weighted by atomic mass is 16.5. The van der Waals surface area contributed by atoms with Crippen LogP contribution >= 0.6 is 0 Å². The molecule has 0 saturated carbocycles.